The standard InChI is InChI=1S/C13H21BrN2/c1-3-7-15-8-9-16-10-12-5-4-6-13(14)11(12)2/h4-6,15-16H,3,7-10H2,1-2H3. The maximum Gasteiger partial charge on any atom is 0.0209 e. The molecule has 16 heavy (non-hydrogen) atoms. The molecule has 0 unspecified atom stereocenters. The fourth-order valence-electron chi connectivity index (χ4n) is 1.55. The Morgan fingerprint density at radius 3 is 2.62 bits per heavy atom. The summed E-state index contributed by atoms with van der Waals surface area (Å²) in [6, 6.07) is 6.34. The first-order valence-electron chi connectivity index (χ1n) is 5.91. The van der Waals surface area contributed by atoms with Gasteiger partial charge in [0.05, 0.1) is 0 Å². The zero-order valence-electron chi connectivity index (χ0n) is 10.1. The minimum Gasteiger partial charge on any atom is -0.315 e. The van der Waals surface area contributed by atoms with Crippen LogP contribution < -0.4 is 10.6 Å². The van der Waals surface area contributed by atoms with E-state index in [2.05, 4.69) is 58.6 Å². The molecule has 0 amide bonds. The lowest BCUT2D eigenvalue weighted by Gasteiger charge is -2.09. The maximum atomic E-state index is 3.55. The highest BCUT2D eigenvalue weighted by atomic mass is 79.9. The van der Waals surface area contributed by atoms with Crippen LogP contribution in [-0.4, -0.2) is 19.6 Å². The lowest BCUT2D eigenvalue weighted by molar-refractivity contribution is 0.606. The summed E-state index contributed by atoms with van der Waals surface area (Å²) in [5.74, 6) is 0. The first kappa shape index (κ1) is 13.7. The molecule has 0 aliphatic heterocycles. The van der Waals surface area contributed by atoms with Crippen molar-refractivity contribution in [3.63, 3.8) is 0 Å². The molecule has 1 rings (SSSR count). The van der Waals surface area contributed by atoms with E-state index in [1.54, 1.807) is 0 Å². The molecule has 0 atom stereocenters. The smallest absolute Gasteiger partial charge is 0.0209 e. The van der Waals surface area contributed by atoms with Gasteiger partial charge in [-0.15, -0.1) is 0 Å². The first-order chi connectivity index (χ1) is 7.75. The van der Waals surface area contributed by atoms with Crippen molar-refractivity contribution in [2.45, 2.75) is 26.8 Å². The Morgan fingerprint density at radius 1 is 1.12 bits per heavy atom. The number of hydrogen-bond acceptors (Lipinski definition) is 2. The van der Waals surface area contributed by atoms with Crippen LogP contribution >= 0.6 is 15.9 Å². The zero-order valence-corrected chi connectivity index (χ0v) is 11.7. The third kappa shape index (κ3) is 4.64. The van der Waals surface area contributed by atoms with E-state index in [-0.39, 0.29) is 0 Å². The van der Waals surface area contributed by atoms with Gasteiger partial charge in [0.1, 0.15) is 0 Å². The highest BCUT2D eigenvalue weighted by molar-refractivity contribution is 9.10. The highest BCUT2D eigenvalue weighted by Crippen LogP contribution is 2.18. The van der Waals surface area contributed by atoms with Crippen LogP contribution in [0.4, 0.5) is 0 Å². The van der Waals surface area contributed by atoms with Crippen molar-refractivity contribution in [3.05, 3.63) is 33.8 Å². The average molecular weight is 285 g/mol. The van der Waals surface area contributed by atoms with E-state index in [1.165, 1.54) is 22.0 Å². The Bertz CT molecular complexity index is 313. The first-order valence-corrected chi connectivity index (χ1v) is 6.70. The van der Waals surface area contributed by atoms with Gasteiger partial charge in [-0.05, 0) is 37.1 Å². The fourth-order valence-corrected chi connectivity index (χ4v) is 1.95. The fraction of sp³-hybridized carbons (Fsp3) is 0.538. The van der Waals surface area contributed by atoms with Crippen LogP contribution in [0.2, 0.25) is 0 Å². The minimum absolute atomic E-state index is 0.944. The molecule has 90 valence electrons. The molecule has 0 saturated carbocycles. The second kappa shape index (κ2) is 7.82. The van der Waals surface area contributed by atoms with E-state index in [9.17, 15) is 0 Å². The Labute approximate surface area is 107 Å². The quantitative estimate of drug-likeness (QED) is 0.753. The molecule has 0 radical (unpaired) electrons. The second-order valence-corrected chi connectivity index (χ2v) is 4.81. The number of halogens is 1. The van der Waals surface area contributed by atoms with Crippen LogP contribution in [0, 0.1) is 6.92 Å². The van der Waals surface area contributed by atoms with Crippen molar-refractivity contribution in [1.82, 2.24) is 10.6 Å². The number of hydrogen-bond donors (Lipinski definition) is 2. The topological polar surface area (TPSA) is 24.1 Å². The lowest BCUT2D eigenvalue weighted by atomic mass is 10.1. The van der Waals surface area contributed by atoms with E-state index in [0.29, 0.717) is 0 Å². The summed E-state index contributed by atoms with van der Waals surface area (Å²) in [4.78, 5) is 0. The third-order valence-corrected chi connectivity index (χ3v) is 3.46. The molecule has 1 aromatic carbocycles. The van der Waals surface area contributed by atoms with Crippen LogP contribution in [0.25, 0.3) is 0 Å². The number of benzene rings is 1. The molecule has 3 heteroatoms. The van der Waals surface area contributed by atoms with E-state index in [1.807, 2.05) is 0 Å². The molecule has 0 fully saturated rings. The number of rotatable bonds is 7. The van der Waals surface area contributed by atoms with Crippen molar-refractivity contribution >= 4 is 15.9 Å². The van der Waals surface area contributed by atoms with Gasteiger partial charge in [0.15, 0.2) is 0 Å². The summed E-state index contributed by atoms with van der Waals surface area (Å²) < 4.78 is 1.19. The van der Waals surface area contributed by atoms with Crippen LogP contribution in [0.15, 0.2) is 22.7 Å². The monoisotopic (exact) mass is 284 g/mol. The summed E-state index contributed by atoms with van der Waals surface area (Å²) in [6.45, 7) is 8.45. The molecule has 0 bridgehead atoms. The second-order valence-electron chi connectivity index (χ2n) is 3.95. The van der Waals surface area contributed by atoms with Crippen molar-refractivity contribution in [3.8, 4) is 0 Å². The van der Waals surface area contributed by atoms with Gasteiger partial charge in [-0.25, -0.2) is 0 Å². The van der Waals surface area contributed by atoms with Crippen LogP contribution in [0.5, 0.6) is 0 Å². The van der Waals surface area contributed by atoms with Gasteiger partial charge in [-0.1, -0.05) is 35.0 Å². The molecule has 2 nitrogen and oxygen atoms in total. The molecule has 0 heterocycles. The van der Waals surface area contributed by atoms with Crippen LogP contribution in [0.3, 0.4) is 0 Å². The highest BCUT2D eigenvalue weighted by Gasteiger charge is 2.00. The summed E-state index contributed by atoms with van der Waals surface area (Å²) in [5.41, 5.74) is 2.70. The van der Waals surface area contributed by atoms with Gasteiger partial charge in [0.25, 0.3) is 0 Å². The Hall–Kier alpha value is -0.380. The minimum atomic E-state index is 0.944. The van der Waals surface area contributed by atoms with Crippen molar-refractivity contribution in [2.75, 3.05) is 19.6 Å². The van der Waals surface area contributed by atoms with E-state index >= 15 is 0 Å². The number of nitrogens with one attached hydrogen (secondary N) is 2. The molecule has 1 aromatic rings. The van der Waals surface area contributed by atoms with Gasteiger partial charge in [-0.3, -0.25) is 0 Å². The molecular formula is C13H21BrN2. The molecule has 0 aromatic heterocycles. The zero-order chi connectivity index (χ0) is 11.8. The summed E-state index contributed by atoms with van der Waals surface area (Å²) in [5, 5.41) is 6.82. The maximum absolute atomic E-state index is 3.55. The van der Waals surface area contributed by atoms with Crippen molar-refractivity contribution in [1.29, 1.82) is 0 Å². The van der Waals surface area contributed by atoms with Gasteiger partial charge >= 0.3 is 0 Å². The summed E-state index contributed by atoms with van der Waals surface area (Å²) >= 11 is 3.55. The SMILES string of the molecule is CCCNCCNCc1cccc(Br)c1C. The van der Waals surface area contributed by atoms with E-state index < -0.39 is 0 Å². The Kier molecular flexibility index (Phi) is 6.69. The predicted molar refractivity (Wildman–Crippen MR) is 73.7 cm³/mol. The normalized spacial score (nSPS) is 10.7. The van der Waals surface area contributed by atoms with Crippen LogP contribution in [0.1, 0.15) is 24.5 Å². The van der Waals surface area contributed by atoms with Gasteiger partial charge in [0, 0.05) is 24.1 Å². The molecule has 0 saturated heterocycles. The van der Waals surface area contributed by atoms with Gasteiger partial charge in [0.2, 0.25) is 0 Å². The lowest BCUT2D eigenvalue weighted by Crippen LogP contribution is -2.27. The van der Waals surface area contributed by atoms with Gasteiger partial charge < -0.3 is 10.6 Å². The molecule has 0 aliphatic rings. The largest absolute Gasteiger partial charge is 0.315 e. The van der Waals surface area contributed by atoms with Crippen molar-refractivity contribution in [2.24, 2.45) is 0 Å². The van der Waals surface area contributed by atoms with E-state index in [0.717, 1.165) is 26.2 Å². The molecule has 2 N–H and O–H groups in total. The van der Waals surface area contributed by atoms with Crippen LogP contribution in [-0.2, 0) is 6.54 Å². The molecular weight excluding hydrogens is 264 g/mol. The van der Waals surface area contributed by atoms with Crippen molar-refractivity contribution < 1.29 is 0 Å². The summed E-state index contributed by atoms with van der Waals surface area (Å²) in [6.07, 6.45) is 1.20. The van der Waals surface area contributed by atoms with E-state index in [4.69, 9.17) is 0 Å². The Morgan fingerprint density at radius 2 is 1.88 bits per heavy atom. The third-order valence-electron chi connectivity index (χ3n) is 2.60. The van der Waals surface area contributed by atoms with Gasteiger partial charge in [-0.2, -0.15) is 0 Å². The Balaban J connectivity index is 2.24. The molecule has 0 aliphatic carbocycles. The molecule has 0 spiro atoms. The predicted octanol–water partition coefficient (Wildman–Crippen LogP) is 2.85. The summed E-state index contributed by atoms with van der Waals surface area (Å²) in [7, 11) is 0. The average Bonchev–Trinajstić information content (AvgIpc) is 2.29.